The molecule has 0 atom stereocenters. The Morgan fingerprint density at radius 2 is 0.712 bits per heavy atom. The third-order valence-electron chi connectivity index (χ3n) is 9.85. The number of hydrogen-bond donors (Lipinski definition) is 0. The van der Waals surface area contributed by atoms with Gasteiger partial charge in [0.05, 0.1) is 57.4 Å². The first-order valence-electron chi connectivity index (χ1n) is 17.1. The molecule has 246 valence electrons. The number of hydrogen-bond acceptors (Lipinski definition) is 6. The Morgan fingerprint density at radius 3 is 1.02 bits per heavy atom. The zero-order valence-electron chi connectivity index (χ0n) is 28.5. The number of rotatable bonds is 4. The number of fused-ring (bicyclic) bond motifs is 4. The first kappa shape index (κ1) is 31.8. The van der Waals surface area contributed by atoms with Crippen molar-refractivity contribution in [1.29, 1.82) is 10.5 Å². The summed E-state index contributed by atoms with van der Waals surface area (Å²) < 4.78 is 0. The summed E-state index contributed by atoms with van der Waals surface area (Å²) in [6.07, 6.45) is 0. The zero-order valence-corrected chi connectivity index (χ0v) is 30.1. The van der Waals surface area contributed by atoms with Crippen molar-refractivity contribution in [1.82, 2.24) is 0 Å². The van der Waals surface area contributed by atoms with E-state index in [0.29, 0.717) is 11.1 Å². The van der Waals surface area contributed by atoms with Gasteiger partial charge in [-0.15, -0.1) is 0 Å². The molecule has 7 aromatic rings. The molecule has 2 heterocycles. The molecule has 2 aliphatic heterocycles. The van der Waals surface area contributed by atoms with Gasteiger partial charge in [-0.05, 0) is 109 Å². The molecule has 0 spiro atoms. The molecule has 0 fully saturated rings. The van der Waals surface area contributed by atoms with Crippen LogP contribution < -0.4 is 9.80 Å². The fraction of sp³-hybridized carbons (Fsp3) is 0.0435. The van der Waals surface area contributed by atoms with Crippen molar-refractivity contribution >= 4 is 57.6 Å². The highest BCUT2D eigenvalue weighted by Gasteiger charge is 2.35. The monoisotopic (exact) mass is 702 g/mol. The lowest BCUT2D eigenvalue weighted by Gasteiger charge is -2.40. The van der Waals surface area contributed by atoms with Gasteiger partial charge in [-0.1, -0.05) is 96.3 Å². The van der Waals surface area contributed by atoms with Gasteiger partial charge >= 0.3 is 0 Å². The molecular weight excluding hydrogens is 673 g/mol. The topological polar surface area (TPSA) is 54.1 Å². The Hall–Kier alpha value is -6.18. The Balaban J connectivity index is 1.47. The van der Waals surface area contributed by atoms with E-state index in [1.54, 1.807) is 23.5 Å². The van der Waals surface area contributed by atoms with E-state index in [0.717, 1.165) is 67.5 Å². The minimum atomic E-state index is 0.618. The first-order chi connectivity index (χ1) is 25.6. The molecule has 2 aliphatic rings. The third-order valence-corrected chi connectivity index (χ3v) is 12.1. The summed E-state index contributed by atoms with van der Waals surface area (Å²) in [6.45, 7) is 4.48. The highest BCUT2D eigenvalue weighted by Crippen LogP contribution is 2.60. The van der Waals surface area contributed by atoms with Crippen LogP contribution in [-0.4, -0.2) is 0 Å². The summed E-state index contributed by atoms with van der Waals surface area (Å²) in [4.78, 5) is 9.64. The van der Waals surface area contributed by atoms with Gasteiger partial charge in [0.25, 0.3) is 0 Å². The highest BCUT2D eigenvalue weighted by molar-refractivity contribution is 8.00. The van der Waals surface area contributed by atoms with Gasteiger partial charge in [-0.25, -0.2) is 0 Å². The van der Waals surface area contributed by atoms with Crippen LogP contribution in [0.15, 0.2) is 165 Å². The van der Waals surface area contributed by atoms with Crippen molar-refractivity contribution < 1.29 is 0 Å². The second-order valence-corrected chi connectivity index (χ2v) is 15.0. The Morgan fingerprint density at radius 1 is 0.404 bits per heavy atom. The summed E-state index contributed by atoms with van der Waals surface area (Å²) in [5.74, 6) is 0. The molecule has 7 aromatic carbocycles. The normalized spacial score (nSPS) is 12.5. The maximum atomic E-state index is 9.76. The smallest absolute Gasteiger partial charge is 0.0991 e. The van der Waals surface area contributed by atoms with E-state index in [2.05, 4.69) is 157 Å². The number of benzene rings is 7. The second kappa shape index (κ2) is 12.9. The maximum absolute atomic E-state index is 9.76. The Labute approximate surface area is 312 Å². The predicted octanol–water partition coefficient (Wildman–Crippen LogP) is 13.2. The molecule has 0 amide bonds. The predicted molar refractivity (Wildman–Crippen MR) is 214 cm³/mol. The third kappa shape index (κ3) is 5.08. The Bertz CT molecular complexity index is 2360. The SMILES string of the molecule is Cc1c(-c2ccc(C#N)cc2)c(N2c3ccccc3Sc3ccccc32)c(C)c(N2c3ccccc3Sc3ccccc32)c1-c1ccc(C#N)cc1. The molecule has 0 N–H and O–H groups in total. The van der Waals surface area contributed by atoms with Crippen LogP contribution in [0.5, 0.6) is 0 Å². The van der Waals surface area contributed by atoms with Crippen LogP contribution in [0, 0.1) is 36.5 Å². The van der Waals surface area contributed by atoms with E-state index < -0.39 is 0 Å². The van der Waals surface area contributed by atoms with Gasteiger partial charge in [0.1, 0.15) is 0 Å². The molecule has 0 aliphatic carbocycles. The highest BCUT2D eigenvalue weighted by atomic mass is 32.2. The largest absolute Gasteiger partial charge is 0.307 e. The number of anilines is 6. The average Bonchev–Trinajstić information content (AvgIpc) is 3.20. The van der Waals surface area contributed by atoms with Crippen LogP contribution in [0.2, 0.25) is 0 Å². The summed E-state index contributed by atoms with van der Waals surface area (Å²) in [7, 11) is 0. The minimum absolute atomic E-state index is 0.618. The van der Waals surface area contributed by atoms with Crippen molar-refractivity contribution in [3.63, 3.8) is 0 Å². The molecular formula is C46H30N4S2. The molecule has 9 rings (SSSR count). The number of nitrogens with zero attached hydrogens (tertiary/aromatic N) is 4. The molecule has 0 saturated carbocycles. The number of nitriles is 2. The van der Waals surface area contributed by atoms with Crippen molar-refractivity contribution in [2.45, 2.75) is 33.4 Å². The van der Waals surface area contributed by atoms with Crippen LogP contribution in [-0.2, 0) is 0 Å². The van der Waals surface area contributed by atoms with Crippen molar-refractivity contribution in [3.05, 3.63) is 168 Å². The van der Waals surface area contributed by atoms with Gasteiger partial charge < -0.3 is 9.80 Å². The number of para-hydroxylation sites is 4. The van der Waals surface area contributed by atoms with Crippen molar-refractivity contribution in [3.8, 4) is 34.4 Å². The lowest BCUT2D eigenvalue weighted by molar-refractivity contribution is 1.12. The summed E-state index contributed by atoms with van der Waals surface area (Å²) >= 11 is 3.59. The van der Waals surface area contributed by atoms with E-state index >= 15 is 0 Å². The van der Waals surface area contributed by atoms with E-state index in [1.807, 2.05) is 24.3 Å². The summed E-state index contributed by atoms with van der Waals surface area (Å²) in [5, 5.41) is 19.5. The van der Waals surface area contributed by atoms with Crippen LogP contribution in [0.4, 0.5) is 34.1 Å². The van der Waals surface area contributed by atoms with Crippen LogP contribution in [0.1, 0.15) is 22.3 Å². The fourth-order valence-electron chi connectivity index (χ4n) is 7.55. The molecule has 6 heteroatoms. The molecule has 4 nitrogen and oxygen atoms in total. The first-order valence-corrected chi connectivity index (χ1v) is 18.7. The molecule has 0 saturated heterocycles. The van der Waals surface area contributed by atoms with Crippen molar-refractivity contribution in [2.75, 3.05) is 9.80 Å². The van der Waals surface area contributed by atoms with Gasteiger partial charge in [0, 0.05) is 30.7 Å². The average molecular weight is 703 g/mol. The molecule has 0 aromatic heterocycles. The lowest BCUT2D eigenvalue weighted by atomic mass is 9.85. The lowest BCUT2D eigenvalue weighted by Crippen LogP contribution is -2.22. The molecule has 0 unspecified atom stereocenters. The van der Waals surface area contributed by atoms with E-state index in [1.165, 1.54) is 19.6 Å². The van der Waals surface area contributed by atoms with Crippen molar-refractivity contribution in [2.24, 2.45) is 0 Å². The minimum Gasteiger partial charge on any atom is -0.307 e. The molecule has 52 heavy (non-hydrogen) atoms. The Kier molecular flexibility index (Phi) is 7.86. The van der Waals surface area contributed by atoms with Crippen LogP contribution >= 0.6 is 23.5 Å². The molecule has 0 bridgehead atoms. The van der Waals surface area contributed by atoms with E-state index in [4.69, 9.17) is 0 Å². The quantitative estimate of drug-likeness (QED) is 0.182. The second-order valence-electron chi connectivity index (χ2n) is 12.8. The van der Waals surface area contributed by atoms with Gasteiger partial charge in [-0.3, -0.25) is 0 Å². The van der Waals surface area contributed by atoms with E-state index in [9.17, 15) is 10.5 Å². The zero-order chi connectivity index (χ0) is 35.3. The molecule has 0 radical (unpaired) electrons. The standard InChI is InChI=1S/C46H30N4S2/c1-29-43(33-23-19-31(27-47)20-24-33)45(49-35-11-3-7-15-39(35)51-40-16-8-4-12-36(40)49)30(2)46(44(29)34-25-21-32(28-48)22-26-34)50-37-13-5-9-17-41(37)52-42-18-10-6-14-38(42)50/h3-26H,1-2H3. The maximum Gasteiger partial charge on any atom is 0.0991 e. The van der Waals surface area contributed by atoms with Gasteiger partial charge in [0.15, 0.2) is 0 Å². The summed E-state index contributed by atoms with van der Waals surface area (Å²) in [6, 6.07) is 55.1. The van der Waals surface area contributed by atoms with Gasteiger partial charge in [0.2, 0.25) is 0 Å². The van der Waals surface area contributed by atoms with Crippen LogP contribution in [0.3, 0.4) is 0 Å². The van der Waals surface area contributed by atoms with Gasteiger partial charge in [-0.2, -0.15) is 10.5 Å². The van der Waals surface area contributed by atoms with E-state index in [-0.39, 0.29) is 0 Å². The van der Waals surface area contributed by atoms with Crippen LogP contribution in [0.25, 0.3) is 22.3 Å². The fourth-order valence-corrected chi connectivity index (χ4v) is 9.66. The summed E-state index contributed by atoms with van der Waals surface area (Å²) in [5.41, 5.74) is 14.3.